The van der Waals surface area contributed by atoms with Crippen LogP contribution >= 0.6 is 0 Å². The van der Waals surface area contributed by atoms with E-state index in [-0.39, 0.29) is 11.8 Å². The van der Waals surface area contributed by atoms with Gasteiger partial charge in [0, 0.05) is 34.3 Å². The van der Waals surface area contributed by atoms with E-state index < -0.39 is 5.60 Å². The van der Waals surface area contributed by atoms with Crippen molar-refractivity contribution in [1.82, 2.24) is 14.8 Å². The molecule has 0 unspecified atom stereocenters. The number of rotatable bonds is 3. The Hall–Kier alpha value is -2.91. The zero-order chi connectivity index (χ0) is 21.6. The van der Waals surface area contributed by atoms with E-state index in [1.807, 2.05) is 29.9 Å². The standard InChI is InChI=1S/C25H28N4O2/c1-3-25-7-6-24(30,8-9-26)15-19(25)5-11-31-23-14-22-18(13-21(23)25)16-28-29(22)20-4-10-27-17(2)12-20/h4,10,12-14,16,19,30H,3,5-8,11,15H2,1-2H3/t19-,24-,25+/m1/s1. The first-order valence-corrected chi connectivity index (χ1v) is 11.2. The molecule has 1 aliphatic heterocycles. The van der Waals surface area contributed by atoms with Gasteiger partial charge < -0.3 is 9.84 Å². The van der Waals surface area contributed by atoms with Gasteiger partial charge >= 0.3 is 0 Å². The number of nitrogens with zero attached hydrogens (tertiary/aromatic N) is 4. The van der Waals surface area contributed by atoms with E-state index in [4.69, 9.17) is 4.74 Å². The minimum atomic E-state index is -0.878. The molecule has 1 aromatic carbocycles. The van der Waals surface area contributed by atoms with E-state index in [9.17, 15) is 10.4 Å². The van der Waals surface area contributed by atoms with Crippen molar-refractivity contribution < 1.29 is 9.84 Å². The van der Waals surface area contributed by atoms with Gasteiger partial charge in [-0.15, -0.1) is 0 Å². The van der Waals surface area contributed by atoms with E-state index >= 15 is 0 Å². The maximum atomic E-state index is 11.0. The molecule has 1 N–H and O–H groups in total. The highest BCUT2D eigenvalue weighted by atomic mass is 16.5. The Morgan fingerprint density at radius 2 is 2.19 bits per heavy atom. The van der Waals surface area contributed by atoms with Crippen LogP contribution in [-0.2, 0) is 5.41 Å². The highest BCUT2D eigenvalue weighted by Gasteiger charge is 2.50. The molecule has 6 heteroatoms. The van der Waals surface area contributed by atoms with Gasteiger partial charge in [-0.1, -0.05) is 6.92 Å². The molecule has 0 amide bonds. The maximum Gasteiger partial charge on any atom is 0.125 e. The summed E-state index contributed by atoms with van der Waals surface area (Å²) in [5.74, 6) is 1.22. The lowest BCUT2D eigenvalue weighted by molar-refractivity contribution is -0.0447. The minimum Gasteiger partial charge on any atom is -0.493 e. The van der Waals surface area contributed by atoms with Gasteiger partial charge in [0.05, 0.1) is 42.1 Å². The second-order valence-corrected chi connectivity index (χ2v) is 9.23. The van der Waals surface area contributed by atoms with Crippen molar-refractivity contribution in [3.63, 3.8) is 0 Å². The molecule has 1 fully saturated rings. The van der Waals surface area contributed by atoms with Crippen LogP contribution < -0.4 is 4.74 Å². The highest BCUT2D eigenvalue weighted by molar-refractivity contribution is 5.83. The van der Waals surface area contributed by atoms with Gasteiger partial charge in [-0.2, -0.15) is 10.4 Å². The molecule has 160 valence electrons. The van der Waals surface area contributed by atoms with E-state index in [2.05, 4.69) is 35.2 Å². The Balaban J connectivity index is 1.62. The van der Waals surface area contributed by atoms with E-state index in [1.54, 1.807) is 6.20 Å². The van der Waals surface area contributed by atoms with Gasteiger partial charge in [-0.3, -0.25) is 4.98 Å². The molecule has 3 aromatic rings. The first-order chi connectivity index (χ1) is 15.0. The average molecular weight is 417 g/mol. The van der Waals surface area contributed by atoms with Gasteiger partial charge in [-0.25, -0.2) is 4.68 Å². The van der Waals surface area contributed by atoms with Crippen molar-refractivity contribution >= 4 is 10.9 Å². The summed E-state index contributed by atoms with van der Waals surface area (Å²) in [6, 6.07) is 10.6. The molecule has 6 nitrogen and oxygen atoms in total. The van der Waals surface area contributed by atoms with Crippen LogP contribution in [0.25, 0.3) is 16.6 Å². The Morgan fingerprint density at radius 1 is 1.32 bits per heavy atom. The number of ether oxygens (including phenoxy) is 1. The smallest absolute Gasteiger partial charge is 0.125 e. The molecule has 0 radical (unpaired) electrons. The number of aliphatic hydroxyl groups is 1. The quantitative estimate of drug-likeness (QED) is 0.674. The molecule has 0 bridgehead atoms. The summed E-state index contributed by atoms with van der Waals surface area (Å²) in [6.45, 7) is 4.84. The van der Waals surface area contributed by atoms with Crippen molar-refractivity contribution in [3.8, 4) is 17.5 Å². The summed E-state index contributed by atoms with van der Waals surface area (Å²) in [7, 11) is 0. The molecule has 31 heavy (non-hydrogen) atoms. The third-order valence-corrected chi connectivity index (χ3v) is 7.54. The van der Waals surface area contributed by atoms with Crippen molar-refractivity contribution in [2.24, 2.45) is 5.92 Å². The molecule has 2 aliphatic rings. The molecule has 1 aliphatic carbocycles. The number of aryl methyl sites for hydroxylation is 1. The number of hydrogen-bond donors (Lipinski definition) is 1. The summed E-state index contributed by atoms with van der Waals surface area (Å²) in [4.78, 5) is 4.30. The summed E-state index contributed by atoms with van der Waals surface area (Å²) >= 11 is 0. The summed E-state index contributed by atoms with van der Waals surface area (Å²) in [5, 5.41) is 25.9. The lowest BCUT2D eigenvalue weighted by Gasteiger charge is -2.49. The lowest BCUT2D eigenvalue weighted by atomic mass is 9.56. The molecule has 5 rings (SSSR count). The predicted molar refractivity (Wildman–Crippen MR) is 118 cm³/mol. The van der Waals surface area contributed by atoms with E-state index in [1.165, 1.54) is 5.56 Å². The predicted octanol–water partition coefficient (Wildman–Crippen LogP) is 4.60. The molecule has 3 atom stereocenters. The van der Waals surface area contributed by atoms with Crippen molar-refractivity contribution in [2.75, 3.05) is 6.61 Å². The molecule has 2 aromatic heterocycles. The molecule has 1 saturated carbocycles. The highest BCUT2D eigenvalue weighted by Crippen LogP contribution is 2.55. The first kappa shape index (κ1) is 20.0. The third kappa shape index (κ3) is 3.19. The second-order valence-electron chi connectivity index (χ2n) is 9.23. The fourth-order valence-electron chi connectivity index (χ4n) is 5.86. The van der Waals surface area contributed by atoms with Crippen LogP contribution in [0.1, 0.15) is 56.7 Å². The van der Waals surface area contributed by atoms with Crippen LogP contribution in [-0.4, -0.2) is 32.1 Å². The Bertz CT molecular complexity index is 1180. The summed E-state index contributed by atoms with van der Waals surface area (Å²) < 4.78 is 8.23. The summed E-state index contributed by atoms with van der Waals surface area (Å²) in [6.07, 6.45) is 7.98. The van der Waals surface area contributed by atoms with Gasteiger partial charge in [0.2, 0.25) is 0 Å². The zero-order valence-corrected chi connectivity index (χ0v) is 18.1. The van der Waals surface area contributed by atoms with E-state index in [0.717, 1.165) is 47.3 Å². The van der Waals surface area contributed by atoms with Crippen LogP contribution in [0.4, 0.5) is 0 Å². The Labute approximate surface area is 182 Å². The lowest BCUT2D eigenvalue weighted by Crippen LogP contribution is -2.47. The second kappa shape index (κ2) is 7.35. The minimum absolute atomic E-state index is 0.0446. The monoisotopic (exact) mass is 416 g/mol. The molecule has 3 heterocycles. The molecular weight excluding hydrogens is 388 g/mol. The van der Waals surface area contributed by atoms with Gasteiger partial charge in [0.15, 0.2) is 0 Å². The van der Waals surface area contributed by atoms with Crippen LogP contribution in [0.15, 0.2) is 36.7 Å². The van der Waals surface area contributed by atoms with Crippen molar-refractivity contribution in [1.29, 1.82) is 5.26 Å². The van der Waals surface area contributed by atoms with E-state index in [0.29, 0.717) is 25.4 Å². The number of hydrogen-bond acceptors (Lipinski definition) is 5. The van der Waals surface area contributed by atoms with Crippen molar-refractivity contribution in [2.45, 2.75) is 63.4 Å². The van der Waals surface area contributed by atoms with Gasteiger partial charge in [0.1, 0.15) is 5.75 Å². The largest absolute Gasteiger partial charge is 0.493 e. The molecule has 0 spiro atoms. The summed E-state index contributed by atoms with van der Waals surface area (Å²) in [5.41, 5.74) is 3.26. The van der Waals surface area contributed by atoms with Crippen molar-refractivity contribution in [3.05, 3.63) is 47.9 Å². The number of nitriles is 1. The number of pyridine rings is 1. The van der Waals surface area contributed by atoms with Crippen LogP contribution in [0.3, 0.4) is 0 Å². The van der Waals surface area contributed by atoms with Crippen LogP contribution in [0, 0.1) is 24.2 Å². The zero-order valence-electron chi connectivity index (χ0n) is 18.1. The van der Waals surface area contributed by atoms with Crippen LogP contribution in [0.2, 0.25) is 0 Å². The molecule has 0 saturated heterocycles. The number of aromatic nitrogens is 3. The fraction of sp³-hybridized carbons (Fsp3) is 0.480. The topological polar surface area (TPSA) is 84.0 Å². The number of benzene rings is 1. The van der Waals surface area contributed by atoms with Gasteiger partial charge in [0.25, 0.3) is 0 Å². The average Bonchev–Trinajstić information content (AvgIpc) is 3.10. The fourth-order valence-corrected chi connectivity index (χ4v) is 5.86. The molecular formula is C25H28N4O2. The normalized spacial score (nSPS) is 27.6. The third-order valence-electron chi connectivity index (χ3n) is 7.54. The Morgan fingerprint density at radius 3 is 2.97 bits per heavy atom. The van der Waals surface area contributed by atoms with Crippen LogP contribution in [0.5, 0.6) is 5.75 Å². The maximum absolute atomic E-state index is 11.0. The Kier molecular flexibility index (Phi) is 4.75. The number of fused-ring (bicyclic) bond motifs is 4. The van der Waals surface area contributed by atoms with Gasteiger partial charge in [-0.05, 0) is 63.1 Å². The SMILES string of the molecule is CC[C@]12CC[C@@](O)(CC#N)C[C@H]1CCOc1cc3c(cnn3-c3ccnc(C)c3)cc12. The first-order valence-electron chi connectivity index (χ1n) is 11.2.